The number of esters is 4. The maximum Gasteiger partial charge on any atom is 0.347 e. The number of nitrogens with zero attached hydrogens (tertiary/aromatic N) is 2. The molecule has 1 aromatic heterocycles. The molecule has 4 aromatic rings. The summed E-state index contributed by atoms with van der Waals surface area (Å²) in [7, 11) is 0. The second-order valence-corrected chi connectivity index (χ2v) is 13.4. The first kappa shape index (κ1) is 39.7. The highest BCUT2D eigenvalue weighted by molar-refractivity contribution is 8.00. The quantitative estimate of drug-likeness (QED) is 0.0648. The van der Waals surface area contributed by atoms with Crippen molar-refractivity contribution >= 4 is 35.6 Å². The van der Waals surface area contributed by atoms with Crippen molar-refractivity contribution < 1.29 is 42.9 Å². The van der Waals surface area contributed by atoms with E-state index in [9.17, 15) is 28.8 Å². The summed E-state index contributed by atoms with van der Waals surface area (Å²) in [5.41, 5.74) is -1.36. The number of ether oxygens (including phenoxy) is 5. The van der Waals surface area contributed by atoms with Crippen molar-refractivity contribution in [3.8, 4) is 0 Å². The van der Waals surface area contributed by atoms with Gasteiger partial charge in [0.25, 0.3) is 5.56 Å². The standard InChI is InChI=1S/C39H41N3O11S/c1-3-5-6-16-23-29(38(47)49-4-2)54-33-32(43)40-39(48)42(41-33)34-31(53-37(46)27-21-14-9-15-22-27)30(52-36(45)26-19-12-8-13-20-26)28(51-34)24-50-35(44)25-17-10-7-11-18-25/h7-15,17-22,28-31,34H,3-6,16,23-24H2,1-2H3,(H,40,43,48)/t28-,29?,30-,31-,34-/m1/s1. The van der Waals surface area contributed by atoms with E-state index >= 15 is 0 Å². The fourth-order valence-electron chi connectivity index (χ4n) is 5.65. The number of hydrogen-bond donors (Lipinski definition) is 1. The average Bonchev–Trinajstić information content (AvgIpc) is 3.52. The van der Waals surface area contributed by atoms with Crippen molar-refractivity contribution in [3.63, 3.8) is 0 Å². The Labute approximate surface area is 315 Å². The summed E-state index contributed by atoms with van der Waals surface area (Å²) in [4.78, 5) is 81.8. The molecule has 15 heteroatoms. The van der Waals surface area contributed by atoms with E-state index in [-0.39, 0.29) is 28.3 Å². The molecule has 0 amide bonds. The molecule has 14 nitrogen and oxygen atoms in total. The molecule has 0 saturated carbocycles. The van der Waals surface area contributed by atoms with E-state index in [4.69, 9.17) is 23.7 Å². The van der Waals surface area contributed by atoms with Crippen LogP contribution >= 0.6 is 11.8 Å². The van der Waals surface area contributed by atoms with Crippen LogP contribution in [-0.2, 0) is 28.5 Å². The number of carbonyl (C=O) groups excluding carboxylic acids is 4. The Morgan fingerprint density at radius 3 is 1.87 bits per heavy atom. The van der Waals surface area contributed by atoms with Crippen molar-refractivity contribution in [2.75, 3.05) is 13.2 Å². The Kier molecular flexibility index (Phi) is 14.3. The van der Waals surface area contributed by atoms with Gasteiger partial charge in [0.15, 0.2) is 23.5 Å². The molecule has 1 unspecified atom stereocenters. The molecule has 0 spiro atoms. The lowest BCUT2D eigenvalue weighted by Crippen LogP contribution is -2.44. The zero-order valence-corrected chi connectivity index (χ0v) is 30.6. The molecule has 1 saturated heterocycles. The van der Waals surface area contributed by atoms with Gasteiger partial charge in [-0.05, 0) is 49.7 Å². The normalized spacial score (nSPS) is 18.3. The minimum Gasteiger partial charge on any atom is -0.465 e. The highest BCUT2D eigenvalue weighted by Gasteiger charge is 2.52. The summed E-state index contributed by atoms with van der Waals surface area (Å²) in [5.74, 6) is -2.92. The summed E-state index contributed by atoms with van der Waals surface area (Å²) in [5, 5.41) is 3.24. The third-order valence-corrected chi connectivity index (χ3v) is 9.57. The third kappa shape index (κ3) is 10.3. The number of H-pyrrole nitrogens is 1. The van der Waals surface area contributed by atoms with Crippen LogP contribution in [0.4, 0.5) is 0 Å². The number of thioether (sulfide) groups is 1. The number of rotatable bonds is 17. The Bertz CT molecular complexity index is 1990. The van der Waals surface area contributed by atoms with Gasteiger partial charge in [0.05, 0.1) is 23.3 Å². The lowest BCUT2D eigenvalue weighted by Gasteiger charge is -2.24. The van der Waals surface area contributed by atoms with Gasteiger partial charge in [-0.3, -0.25) is 14.6 Å². The van der Waals surface area contributed by atoms with Gasteiger partial charge in [0.2, 0.25) is 0 Å². The minimum atomic E-state index is -1.61. The second-order valence-electron chi connectivity index (χ2n) is 12.2. The summed E-state index contributed by atoms with van der Waals surface area (Å²) < 4.78 is 29.7. The number of aromatic nitrogens is 3. The number of nitrogens with one attached hydrogen (secondary N) is 1. The predicted octanol–water partition coefficient (Wildman–Crippen LogP) is 5.13. The molecule has 1 aliphatic heterocycles. The molecule has 1 fully saturated rings. The zero-order valence-electron chi connectivity index (χ0n) is 29.8. The Hall–Kier alpha value is -5.54. The fourth-order valence-corrected chi connectivity index (χ4v) is 6.66. The van der Waals surface area contributed by atoms with Crippen LogP contribution in [0.1, 0.15) is 83.3 Å². The number of aromatic amines is 1. The van der Waals surface area contributed by atoms with Gasteiger partial charge in [0.1, 0.15) is 18.0 Å². The molecular weight excluding hydrogens is 719 g/mol. The molecule has 0 bridgehead atoms. The van der Waals surface area contributed by atoms with Crippen molar-refractivity contribution in [1.82, 2.24) is 14.8 Å². The molecule has 54 heavy (non-hydrogen) atoms. The molecule has 0 radical (unpaired) electrons. The molecule has 3 aromatic carbocycles. The van der Waals surface area contributed by atoms with Crippen LogP contribution < -0.4 is 11.2 Å². The van der Waals surface area contributed by atoms with Gasteiger partial charge < -0.3 is 23.7 Å². The van der Waals surface area contributed by atoms with Gasteiger partial charge in [-0.15, -0.1) is 0 Å². The van der Waals surface area contributed by atoms with E-state index in [1.165, 1.54) is 24.3 Å². The van der Waals surface area contributed by atoms with Gasteiger partial charge in [-0.2, -0.15) is 9.78 Å². The molecule has 2 heterocycles. The maximum absolute atomic E-state index is 13.5. The van der Waals surface area contributed by atoms with Crippen LogP contribution in [0.15, 0.2) is 106 Å². The van der Waals surface area contributed by atoms with Crippen LogP contribution in [-0.4, -0.2) is 75.4 Å². The number of unbranched alkanes of at least 4 members (excludes halogenated alkanes) is 3. The Morgan fingerprint density at radius 1 is 0.759 bits per heavy atom. The highest BCUT2D eigenvalue weighted by Crippen LogP contribution is 2.35. The van der Waals surface area contributed by atoms with E-state index in [2.05, 4.69) is 17.0 Å². The highest BCUT2D eigenvalue weighted by atomic mass is 32.2. The molecular formula is C39H41N3O11S. The first-order chi connectivity index (χ1) is 26.2. The number of benzene rings is 3. The smallest absolute Gasteiger partial charge is 0.347 e. The van der Waals surface area contributed by atoms with E-state index in [1.54, 1.807) is 73.7 Å². The van der Waals surface area contributed by atoms with Crippen LogP contribution in [0, 0.1) is 0 Å². The lowest BCUT2D eigenvalue weighted by atomic mass is 10.1. The summed E-state index contributed by atoms with van der Waals surface area (Å²) in [6.07, 6.45) is -2.06. The van der Waals surface area contributed by atoms with Crippen molar-refractivity contribution in [1.29, 1.82) is 0 Å². The average molecular weight is 760 g/mol. The Balaban J connectivity index is 1.53. The van der Waals surface area contributed by atoms with E-state index in [1.807, 2.05) is 0 Å². The van der Waals surface area contributed by atoms with Crippen LogP contribution in [0.5, 0.6) is 0 Å². The zero-order chi connectivity index (χ0) is 38.5. The largest absolute Gasteiger partial charge is 0.465 e. The first-order valence-electron chi connectivity index (χ1n) is 17.7. The van der Waals surface area contributed by atoms with Crippen molar-refractivity contribution in [2.24, 2.45) is 0 Å². The molecule has 1 N–H and O–H groups in total. The SMILES string of the molecule is CCCCCCC(Sc1nn([C@@H]2O[C@H](COC(=O)c3ccccc3)[C@@H](OC(=O)c3ccccc3)[C@H]2OC(=O)c2ccccc2)c(=O)[nH]c1=O)C(=O)OCC. The monoisotopic (exact) mass is 759 g/mol. The molecule has 5 rings (SSSR count). The fraction of sp³-hybridized carbons (Fsp3) is 0.359. The predicted molar refractivity (Wildman–Crippen MR) is 196 cm³/mol. The van der Waals surface area contributed by atoms with E-state index in [0.717, 1.165) is 35.7 Å². The summed E-state index contributed by atoms with van der Waals surface area (Å²) in [6, 6.07) is 24.1. The Morgan fingerprint density at radius 2 is 1.31 bits per heavy atom. The van der Waals surface area contributed by atoms with Gasteiger partial charge in [-0.1, -0.05) is 99.0 Å². The summed E-state index contributed by atoms with van der Waals surface area (Å²) >= 11 is 0.829. The third-order valence-electron chi connectivity index (χ3n) is 8.36. The van der Waals surface area contributed by atoms with E-state index in [0.29, 0.717) is 12.8 Å². The molecule has 284 valence electrons. The van der Waals surface area contributed by atoms with Crippen LogP contribution in [0.25, 0.3) is 0 Å². The van der Waals surface area contributed by atoms with Gasteiger partial charge in [-0.25, -0.2) is 19.2 Å². The molecule has 0 aliphatic carbocycles. The lowest BCUT2D eigenvalue weighted by molar-refractivity contribution is -0.142. The topological polar surface area (TPSA) is 182 Å². The molecule has 1 aliphatic rings. The van der Waals surface area contributed by atoms with E-state index < -0.39 is 71.5 Å². The van der Waals surface area contributed by atoms with Crippen molar-refractivity contribution in [2.45, 2.75) is 80.8 Å². The maximum atomic E-state index is 13.5. The summed E-state index contributed by atoms with van der Waals surface area (Å²) in [6.45, 7) is 3.35. The van der Waals surface area contributed by atoms with Gasteiger partial charge >= 0.3 is 29.6 Å². The first-order valence-corrected chi connectivity index (χ1v) is 18.5. The number of carbonyl (C=O) groups is 4. The second kappa shape index (κ2) is 19.5. The number of hydrogen-bond acceptors (Lipinski definition) is 13. The minimum absolute atomic E-state index is 0.123. The van der Waals surface area contributed by atoms with Crippen LogP contribution in [0.3, 0.4) is 0 Å². The van der Waals surface area contributed by atoms with Crippen LogP contribution in [0.2, 0.25) is 0 Å². The molecule has 5 atom stereocenters. The van der Waals surface area contributed by atoms with Gasteiger partial charge in [0, 0.05) is 0 Å². The van der Waals surface area contributed by atoms with Crippen molar-refractivity contribution in [3.05, 3.63) is 129 Å².